The third-order valence-electron chi connectivity index (χ3n) is 3.30. The Bertz CT molecular complexity index is 446. The van der Waals surface area contributed by atoms with E-state index in [0.29, 0.717) is 32.4 Å². The molecule has 0 aliphatic carbocycles. The zero-order valence-electron chi connectivity index (χ0n) is 10.6. The molecule has 104 valence electrons. The number of hydrogen-bond acceptors (Lipinski definition) is 4. The zero-order valence-corrected chi connectivity index (χ0v) is 10.6. The van der Waals surface area contributed by atoms with Gasteiger partial charge in [0.15, 0.2) is 0 Å². The summed E-state index contributed by atoms with van der Waals surface area (Å²) in [4.78, 5) is 28.4. The molecule has 0 radical (unpaired) electrons. The molecule has 1 aliphatic heterocycles. The summed E-state index contributed by atoms with van der Waals surface area (Å²) >= 11 is 0. The number of rotatable bonds is 5. The SMILES string of the molecule is N[C@H]1C[C@@H](C(=O)O)N(C(=O)CCCn2ccnc2)C1. The smallest absolute Gasteiger partial charge is 0.326 e. The molecule has 0 bridgehead atoms. The lowest BCUT2D eigenvalue weighted by molar-refractivity contribution is -0.148. The van der Waals surface area contributed by atoms with Crippen molar-refractivity contribution in [3.8, 4) is 0 Å². The summed E-state index contributed by atoms with van der Waals surface area (Å²) in [7, 11) is 0. The van der Waals surface area contributed by atoms with Crippen molar-refractivity contribution in [2.75, 3.05) is 6.54 Å². The van der Waals surface area contributed by atoms with Gasteiger partial charge in [-0.25, -0.2) is 9.78 Å². The number of carbonyl (C=O) groups excluding carboxylic acids is 1. The number of carboxylic acids is 1. The van der Waals surface area contributed by atoms with Crippen molar-refractivity contribution in [2.24, 2.45) is 5.73 Å². The first-order valence-electron chi connectivity index (χ1n) is 6.31. The van der Waals surface area contributed by atoms with Crippen LogP contribution in [0.1, 0.15) is 19.3 Å². The summed E-state index contributed by atoms with van der Waals surface area (Å²) in [6.45, 7) is 1.03. The molecule has 0 aromatic carbocycles. The summed E-state index contributed by atoms with van der Waals surface area (Å²) in [5.74, 6) is -1.11. The van der Waals surface area contributed by atoms with Gasteiger partial charge in [-0.3, -0.25) is 4.79 Å². The Labute approximate surface area is 111 Å². The minimum absolute atomic E-state index is 0.138. The van der Waals surface area contributed by atoms with Gasteiger partial charge in [0, 0.05) is 37.9 Å². The first-order valence-corrected chi connectivity index (χ1v) is 6.31. The van der Waals surface area contributed by atoms with Gasteiger partial charge in [-0.1, -0.05) is 0 Å². The maximum absolute atomic E-state index is 12.0. The Kier molecular flexibility index (Phi) is 4.16. The molecule has 1 saturated heterocycles. The fraction of sp³-hybridized carbons (Fsp3) is 0.583. The lowest BCUT2D eigenvalue weighted by Crippen LogP contribution is -2.40. The van der Waals surface area contributed by atoms with Gasteiger partial charge in [0.25, 0.3) is 0 Å². The van der Waals surface area contributed by atoms with Gasteiger partial charge in [0.1, 0.15) is 6.04 Å². The molecule has 7 heteroatoms. The van der Waals surface area contributed by atoms with Crippen molar-refractivity contribution < 1.29 is 14.7 Å². The molecule has 1 fully saturated rings. The molecule has 1 amide bonds. The van der Waals surface area contributed by atoms with Gasteiger partial charge >= 0.3 is 5.97 Å². The normalized spacial score (nSPS) is 22.7. The Morgan fingerprint density at radius 1 is 1.47 bits per heavy atom. The van der Waals surface area contributed by atoms with E-state index in [1.807, 2.05) is 10.8 Å². The van der Waals surface area contributed by atoms with Gasteiger partial charge < -0.3 is 20.3 Å². The highest BCUT2D eigenvalue weighted by Crippen LogP contribution is 2.18. The Morgan fingerprint density at radius 2 is 2.26 bits per heavy atom. The number of nitrogens with two attached hydrogens (primary N) is 1. The van der Waals surface area contributed by atoms with Crippen LogP contribution >= 0.6 is 0 Å². The number of carboxylic acid groups (broad SMARTS) is 1. The molecule has 2 rings (SSSR count). The third-order valence-corrected chi connectivity index (χ3v) is 3.30. The number of aromatic nitrogens is 2. The van der Waals surface area contributed by atoms with E-state index in [9.17, 15) is 9.59 Å². The fourth-order valence-electron chi connectivity index (χ4n) is 2.35. The van der Waals surface area contributed by atoms with Crippen molar-refractivity contribution in [3.63, 3.8) is 0 Å². The lowest BCUT2D eigenvalue weighted by Gasteiger charge is -2.21. The van der Waals surface area contributed by atoms with Crippen LogP contribution in [0, 0.1) is 0 Å². The molecule has 2 atom stereocenters. The maximum atomic E-state index is 12.0. The molecule has 1 aromatic rings. The largest absolute Gasteiger partial charge is 0.480 e. The Morgan fingerprint density at radius 3 is 2.89 bits per heavy atom. The summed E-state index contributed by atoms with van der Waals surface area (Å²) in [6, 6.07) is -1.01. The number of hydrogen-bond donors (Lipinski definition) is 2. The quantitative estimate of drug-likeness (QED) is 0.760. The van der Waals surface area contributed by atoms with Gasteiger partial charge in [0.2, 0.25) is 5.91 Å². The zero-order chi connectivity index (χ0) is 13.8. The highest BCUT2D eigenvalue weighted by molar-refractivity contribution is 5.84. The van der Waals surface area contributed by atoms with Crippen molar-refractivity contribution in [2.45, 2.75) is 37.9 Å². The summed E-state index contributed by atoms with van der Waals surface area (Å²) in [5.41, 5.74) is 5.73. The average Bonchev–Trinajstić information content (AvgIpc) is 2.98. The first-order chi connectivity index (χ1) is 9.08. The Hall–Kier alpha value is -1.89. The number of aryl methyl sites for hydroxylation is 1. The standard InChI is InChI=1S/C12H18N4O3/c13-9-6-10(12(18)19)16(7-9)11(17)2-1-4-15-5-3-14-8-15/h3,5,8-10H,1-2,4,6-7,13H2,(H,18,19)/t9-,10-/m0/s1. The summed E-state index contributed by atoms with van der Waals surface area (Å²) < 4.78 is 1.89. The van der Waals surface area contributed by atoms with Crippen LogP contribution in [-0.2, 0) is 16.1 Å². The van der Waals surface area contributed by atoms with E-state index >= 15 is 0 Å². The molecule has 0 spiro atoms. The molecular formula is C12H18N4O3. The van der Waals surface area contributed by atoms with Gasteiger partial charge in [-0.05, 0) is 12.8 Å². The lowest BCUT2D eigenvalue weighted by atomic mass is 10.2. The van der Waals surface area contributed by atoms with Gasteiger partial charge in [0.05, 0.1) is 6.33 Å². The fourth-order valence-corrected chi connectivity index (χ4v) is 2.35. The number of nitrogens with zero attached hydrogens (tertiary/aromatic N) is 3. The molecule has 19 heavy (non-hydrogen) atoms. The topological polar surface area (TPSA) is 101 Å². The predicted molar refractivity (Wildman–Crippen MR) is 67.2 cm³/mol. The molecular weight excluding hydrogens is 248 g/mol. The second-order valence-electron chi connectivity index (χ2n) is 4.80. The average molecular weight is 266 g/mol. The van der Waals surface area contributed by atoms with Crippen molar-refractivity contribution in [1.29, 1.82) is 0 Å². The van der Waals surface area contributed by atoms with Crippen LogP contribution in [0.3, 0.4) is 0 Å². The molecule has 1 aromatic heterocycles. The van der Waals surface area contributed by atoms with Crippen LogP contribution in [0.4, 0.5) is 0 Å². The number of carbonyl (C=O) groups is 2. The third kappa shape index (κ3) is 3.31. The molecule has 1 aliphatic rings. The van der Waals surface area contributed by atoms with Crippen LogP contribution in [0.25, 0.3) is 0 Å². The molecule has 7 nitrogen and oxygen atoms in total. The van der Waals surface area contributed by atoms with Crippen LogP contribution in [0.2, 0.25) is 0 Å². The number of aliphatic carboxylic acids is 1. The van der Waals surface area contributed by atoms with E-state index in [1.54, 1.807) is 12.5 Å². The van der Waals surface area contributed by atoms with Crippen molar-refractivity contribution in [3.05, 3.63) is 18.7 Å². The van der Waals surface area contributed by atoms with Crippen LogP contribution < -0.4 is 5.73 Å². The molecule has 0 saturated carbocycles. The summed E-state index contributed by atoms with van der Waals surface area (Å²) in [5, 5.41) is 9.06. The van der Waals surface area contributed by atoms with Crippen LogP contribution in [0.5, 0.6) is 0 Å². The van der Waals surface area contributed by atoms with Gasteiger partial charge in [-0.15, -0.1) is 0 Å². The second-order valence-corrected chi connectivity index (χ2v) is 4.80. The van der Waals surface area contributed by atoms with E-state index in [2.05, 4.69) is 4.98 Å². The molecule has 3 N–H and O–H groups in total. The number of imidazole rings is 1. The highest BCUT2D eigenvalue weighted by Gasteiger charge is 2.37. The number of amides is 1. The summed E-state index contributed by atoms with van der Waals surface area (Å²) in [6.07, 6.45) is 6.53. The van der Waals surface area contributed by atoms with E-state index < -0.39 is 12.0 Å². The minimum Gasteiger partial charge on any atom is -0.480 e. The Balaban J connectivity index is 1.83. The molecule has 2 heterocycles. The first kappa shape index (κ1) is 13.5. The predicted octanol–water partition coefficient (Wildman–Crippen LogP) is -0.324. The minimum atomic E-state index is -0.976. The van der Waals surface area contributed by atoms with E-state index in [1.165, 1.54) is 4.90 Å². The van der Waals surface area contributed by atoms with Crippen LogP contribution in [-0.4, -0.2) is 50.1 Å². The van der Waals surface area contributed by atoms with E-state index in [4.69, 9.17) is 10.8 Å². The van der Waals surface area contributed by atoms with Crippen LogP contribution in [0.15, 0.2) is 18.7 Å². The van der Waals surface area contributed by atoms with Crippen molar-refractivity contribution in [1.82, 2.24) is 14.5 Å². The second kappa shape index (κ2) is 5.83. The monoisotopic (exact) mass is 266 g/mol. The van der Waals surface area contributed by atoms with E-state index in [-0.39, 0.29) is 11.9 Å². The highest BCUT2D eigenvalue weighted by atomic mass is 16.4. The molecule has 0 unspecified atom stereocenters. The van der Waals surface area contributed by atoms with Gasteiger partial charge in [-0.2, -0.15) is 0 Å². The number of likely N-dealkylation sites (tertiary alicyclic amines) is 1. The van der Waals surface area contributed by atoms with Crippen molar-refractivity contribution >= 4 is 11.9 Å². The maximum Gasteiger partial charge on any atom is 0.326 e. The van der Waals surface area contributed by atoms with E-state index in [0.717, 1.165) is 0 Å².